The predicted octanol–water partition coefficient (Wildman–Crippen LogP) is 2.50. The maximum atomic E-state index is 13.1. The molecule has 3 aliphatic heterocycles. The summed E-state index contributed by atoms with van der Waals surface area (Å²) < 4.78 is 11.4. The minimum absolute atomic E-state index is 0.0947. The standard InChI is InChI=1S/C21H34N2O4/c24-19(14-17-6-4-12-26-17)22-10-11-23(20(25)15-18-7-5-13-27-18)21(16-22)8-2-1-3-9-21/h17-18H,1-16H2. The van der Waals surface area contributed by atoms with Gasteiger partial charge in [0.15, 0.2) is 0 Å². The Labute approximate surface area is 162 Å². The van der Waals surface area contributed by atoms with Crippen LogP contribution in [0.5, 0.6) is 0 Å². The van der Waals surface area contributed by atoms with Crippen molar-refractivity contribution >= 4 is 11.8 Å². The van der Waals surface area contributed by atoms with E-state index < -0.39 is 0 Å². The molecule has 1 spiro atoms. The Kier molecular flexibility index (Phi) is 6.02. The lowest BCUT2D eigenvalue weighted by atomic mass is 9.78. The van der Waals surface area contributed by atoms with Crippen LogP contribution in [0.3, 0.4) is 0 Å². The normalized spacial score (nSPS) is 30.8. The molecule has 2 atom stereocenters. The van der Waals surface area contributed by atoms with E-state index in [0.717, 1.165) is 64.6 Å². The largest absolute Gasteiger partial charge is 0.378 e. The van der Waals surface area contributed by atoms with Gasteiger partial charge in [-0.1, -0.05) is 19.3 Å². The number of carbonyl (C=O) groups is 2. The van der Waals surface area contributed by atoms with Gasteiger partial charge < -0.3 is 19.3 Å². The molecule has 3 heterocycles. The maximum absolute atomic E-state index is 13.1. The van der Waals surface area contributed by atoms with E-state index in [-0.39, 0.29) is 29.6 Å². The number of hydrogen-bond donors (Lipinski definition) is 0. The minimum atomic E-state index is -0.154. The van der Waals surface area contributed by atoms with Gasteiger partial charge in [0, 0.05) is 32.8 Å². The highest BCUT2D eigenvalue weighted by molar-refractivity contribution is 5.80. The molecule has 6 heteroatoms. The van der Waals surface area contributed by atoms with Crippen LogP contribution in [0, 0.1) is 0 Å². The van der Waals surface area contributed by atoms with E-state index in [1.165, 1.54) is 6.42 Å². The van der Waals surface area contributed by atoms with Crippen LogP contribution in [0.1, 0.15) is 70.6 Å². The molecule has 6 nitrogen and oxygen atoms in total. The number of carbonyl (C=O) groups excluding carboxylic acids is 2. The maximum Gasteiger partial charge on any atom is 0.225 e. The molecule has 2 amide bonds. The molecule has 0 radical (unpaired) electrons. The minimum Gasteiger partial charge on any atom is -0.378 e. The van der Waals surface area contributed by atoms with Gasteiger partial charge in [0.05, 0.1) is 30.6 Å². The molecule has 0 aromatic carbocycles. The van der Waals surface area contributed by atoms with Gasteiger partial charge >= 0.3 is 0 Å². The molecule has 27 heavy (non-hydrogen) atoms. The summed E-state index contributed by atoms with van der Waals surface area (Å²) in [5.41, 5.74) is -0.154. The van der Waals surface area contributed by atoms with Gasteiger partial charge in [-0.3, -0.25) is 9.59 Å². The SMILES string of the molecule is O=C(CC1CCCO1)N1CCN(C(=O)CC2CCCO2)C2(CCCCC2)C1. The number of amides is 2. The molecule has 152 valence electrons. The third-order valence-electron chi connectivity index (χ3n) is 6.94. The molecular weight excluding hydrogens is 344 g/mol. The first-order valence-electron chi connectivity index (χ1n) is 11.0. The van der Waals surface area contributed by atoms with Crippen molar-refractivity contribution in [2.24, 2.45) is 0 Å². The molecule has 0 bridgehead atoms. The van der Waals surface area contributed by atoms with Gasteiger partial charge in [0.2, 0.25) is 11.8 Å². The molecule has 1 aliphatic carbocycles. The summed E-state index contributed by atoms with van der Waals surface area (Å²) in [6.45, 7) is 3.60. The molecular formula is C21H34N2O4. The predicted molar refractivity (Wildman–Crippen MR) is 101 cm³/mol. The highest BCUT2D eigenvalue weighted by atomic mass is 16.5. The summed E-state index contributed by atoms with van der Waals surface area (Å²) in [6, 6.07) is 0. The molecule has 4 aliphatic rings. The van der Waals surface area contributed by atoms with Crippen LogP contribution in [0.25, 0.3) is 0 Å². The van der Waals surface area contributed by atoms with Crippen molar-refractivity contribution in [1.82, 2.24) is 9.80 Å². The Morgan fingerprint density at radius 3 is 2.04 bits per heavy atom. The van der Waals surface area contributed by atoms with E-state index in [1.54, 1.807) is 0 Å². The van der Waals surface area contributed by atoms with Crippen LogP contribution in [-0.2, 0) is 19.1 Å². The van der Waals surface area contributed by atoms with Crippen LogP contribution in [0.2, 0.25) is 0 Å². The van der Waals surface area contributed by atoms with Gasteiger partial charge in [-0.05, 0) is 38.5 Å². The summed E-state index contributed by atoms with van der Waals surface area (Å²) in [5, 5.41) is 0. The molecule has 4 fully saturated rings. The van der Waals surface area contributed by atoms with Crippen LogP contribution in [0.4, 0.5) is 0 Å². The fourth-order valence-corrected chi connectivity index (χ4v) is 5.46. The molecule has 1 saturated carbocycles. The van der Waals surface area contributed by atoms with Gasteiger partial charge in [-0.15, -0.1) is 0 Å². The number of ether oxygens (including phenoxy) is 2. The van der Waals surface area contributed by atoms with E-state index in [1.807, 2.05) is 4.90 Å². The monoisotopic (exact) mass is 378 g/mol. The molecule has 4 rings (SSSR count). The van der Waals surface area contributed by atoms with Crippen LogP contribution in [-0.4, -0.2) is 72.2 Å². The van der Waals surface area contributed by atoms with Crippen LogP contribution >= 0.6 is 0 Å². The summed E-state index contributed by atoms with van der Waals surface area (Å²) >= 11 is 0. The van der Waals surface area contributed by atoms with Crippen molar-refractivity contribution in [3.63, 3.8) is 0 Å². The lowest BCUT2D eigenvalue weighted by Crippen LogP contribution is -2.65. The van der Waals surface area contributed by atoms with Gasteiger partial charge in [0.25, 0.3) is 0 Å². The lowest BCUT2D eigenvalue weighted by molar-refractivity contribution is -0.154. The van der Waals surface area contributed by atoms with Gasteiger partial charge in [0.1, 0.15) is 0 Å². The molecule has 3 saturated heterocycles. The number of rotatable bonds is 4. The summed E-state index contributed by atoms with van der Waals surface area (Å²) in [5.74, 6) is 0.438. The van der Waals surface area contributed by atoms with Crippen molar-refractivity contribution in [1.29, 1.82) is 0 Å². The second-order valence-corrected chi connectivity index (χ2v) is 8.82. The Morgan fingerprint density at radius 1 is 0.815 bits per heavy atom. The molecule has 2 unspecified atom stereocenters. The topological polar surface area (TPSA) is 59.1 Å². The van der Waals surface area contributed by atoms with Crippen molar-refractivity contribution in [2.45, 2.75) is 88.4 Å². The number of hydrogen-bond acceptors (Lipinski definition) is 4. The first kappa shape index (κ1) is 19.2. The third-order valence-corrected chi connectivity index (χ3v) is 6.94. The van der Waals surface area contributed by atoms with E-state index in [2.05, 4.69) is 4.90 Å². The average molecular weight is 379 g/mol. The van der Waals surface area contributed by atoms with E-state index in [9.17, 15) is 9.59 Å². The quantitative estimate of drug-likeness (QED) is 0.754. The first-order valence-corrected chi connectivity index (χ1v) is 11.0. The fraction of sp³-hybridized carbons (Fsp3) is 0.905. The molecule has 0 aromatic rings. The average Bonchev–Trinajstić information content (AvgIpc) is 3.36. The Morgan fingerprint density at radius 2 is 1.44 bits per heavy atom. The second-order valence-electron chi connectivity index (χ2n) is 8.82. The van der Waals surface area contributed by atoms with E-state index >= 15 is 0 Å². The summed E-state index contributed by atoms with van der Waals surface area (Å²) in [4.78, 5) is 30.1. The fourth-order valence-electron chi connectivity index (χ4n) is 5.46. The van der Waals surface area contributed by atoms with Gasteiger partial charge in [-0.25, -0.2) is 0 Å². The first-order chi connectivity index (χ1) is 13.2. The number of piperazine rings is 1. The smallest absolute Gasteiger partial charge is 0.225 e. The van der Waals surface area contributed by atoms with Crippen LogP contribution < -0.4 is 0 Å². The summed E-state index contributed by atoms with van der Waals surface area (Å²) in [6.07, 6.45) is 10.9. The zero-order chi connectivity index (χ0) is 18.7. The molecule has 0 aromatic heterocycles. The van der Waals surface area contributed by atoms with Crippen molar-refractivity contribution in [3.8, 4) is 0 Å². The van der Waals surface area contributed by atoms with Crippen molar-refractivity contribution < 1.29 is 19.1 Å². The lowest BCUT2D eigenvalue weighted by Gasteiger charge is -2.53. The Balaban J connectivity index is 1.42. The summed E-state index contributed by atoms with van der Waals surface area (Å²) in [7, 11) is 0. The van der Waals surface area contributed by atoms with Crippen LogP contribution in [0.15, 0.2) is 0 Å². The van der Waals surface area contributed by atoms with Crippen molar-refractivity contribution in [2.75, 3.05) is 32.8 Å². The number of nitrogens with zero attached hydrogens (tertiary/aromatic N) is 2. The second kappa shape index (κ2) is 8.48. The van der Waals surface area contributed by atoms with Crippen molar-refractivity contribution in [3.05, 3.63) is 0 Å². The Bertz CT molecular complexity index is 534. The highest BCUT2D eigenvalue weighted by Crippen LogP contribution is 2.38. The zero-order valence-electron chi connectivity index (χ0n) is 16.5. The highest BCUT2D eigenvalue weighted by Gasteiger charge is 2.46. The van der Waals surface area contributed by atoms with E-state index in [4.69, 9.17) is 9.47 Å². The zero-order valence-corrected chi connectivity index (χ0v) is 16.5. The Hall–Kier alpha value is -1.14. The van der Waals surface area contributed by atoms with Gasteiger partial charge in [-0.2, -0.15) is 0 Å². The third kappa shape index (κ3) is 4.32. The molecule has 0 N–H and O–H groups in total. The van der Waals surface area contributed by atoms with E-state index in [0.29, 0.717) is 32.5 Å².